The van der Waals surface area contributed by atoms with Crippen molar-refractivity contribution in [1.29, 1.82) is 0 Å². The van der Waals surface area contributed by atoms with Gasteiger partial charge in [-0.3, -0.25) is 0 Å². The molecule has 2 nitrogen and oxygen atoms in total. The zero-order chi connectivity index (χ0) is 13.1. The molecule has 0 aliphatic carbocycles. The Bertz CT molecular complexity index is 499. The van der Waals surface area contributed by atoms with Gasteiger partial charge in [-0.05, 0) is 30.7 Å². The van der Waals surface area contributed by atoms with Crippen LogP contribution in [0.5, 0.6) is 0 Å². The van der Waals surface area contributed by atoms with E-state index in [-0.39, 0.29) is 0 Å². The summed E-state index contributed by atoms with van der Waals surface area (Å²) in [6, 6.07) is 7.86. The number of aliphatic hydroxyl groups excluding tert-OH is 1. The van der Waals surface area contributed by atoms with E-state index in [4.69, 9.17) is 4.42 Å². The van der Waals surface area contributed by atoms with Gasteiger partial charge in [-0.1, -0.05) is 39.0 Å². The van der Waals surface area contributed by atoms with Crippen LogP contribution in [0.15, 0.2) is 34.9 Å². The Balaban J connectivity index is 2.11. The van der Waals surface area contributed by atoms with Gasteiger partial charge in [0.05, 0.1) is 12.4 Å². The molecule has 18 heavy (non-hydrogen) atoms. The maximum absolute atomic E-state index is 10.3. The summed E-state index contributed by atoms with van der Waals surface area (Å²) in [5.74, 6) is 1.20. The number of benzene rings is 1. The predicted octanol–water partition coefficient (Wildman–Crippen LogP) is 4.54. The molecular formula is C16H22O2. The fraction of sp³-hybridized carbons (Fsp3) is 0.500. The number of fused-ring (bicyclic) bond motifs is 1. The monoisotopic (exact) mass is 246 g/mol. The van der Waals surface area contributed by atoms with Crippen LogP contribution in [0.1, 0.15) is 45.3 Å². The molecule has 2 unspecified atom stereocenters. The lowest BCUT2D eigenvalue weighted by atomic mass is 9.91. The summed E-state index contributed by atoms with van der Waals surface area (Å²) < 4.78 is 5.47. The average Bonchev–Trinajstić information content (AvgIpc) is 2.71. The normalized spacial score (nSPS) is 15.2. The van der Waals surface area contributed by atoms with E-state index in [1.165, 1.54) is 0 Å². The summed E-state index contributed by atoms with van der Waals surface area (Å²) in [6.45, 7) is 6.64. The van der Waals surface area contributed by atoms with Gasteiger partial charge in [-0.25, -0.2) is 0 Å². The molecule has 0 aliphatic rings. The third kappa shape index (κ3) is 2.94. The molecule has 2 rings (SSSR count). The van der Waals surface area contributed by atoms with E-state index in [0.29, 0.717) is 11.8 Å². The van der Waals surface area contributed by atoms with E-state index in [1.54, 1.807) is 6.26 Å². The Morgan fingerprint density at radius 1 is 1.11 bits per heavy atom. The molecular weight excluding hydrogens is 224 g/mol. The zero-order valence-corrected chi connectivity index (χ0v) is 11.4. The summed E-state index contributed by atoms with van der Waals surface area (Å²) in [6.07, 6.45) is 3.20. The summed E-state index contributed by atoms with van der Waals surface area (Å²) in [7, 11) is 0. The van der Waals surface area contributed by atoms with Crippen LogP contribution in [0, 0.1) is 11.8 Å². The maximum atomic E-state index is 10.3. The Labute approximate surface area is 109 Å². The lowest BCUT2D eigenvalue weighted by Crippen LogP contribution is -2.06. The van der Waals surface area contributed by atoms with E-state index in [0.717, 1.165) is 29.4 Å². The lowest BCUT2D eigenvalue weighted by molar-refractivity contribution is 0.142. The zero-order valence-electron chi connectivity index (χ0n) is 11.4. The molecule has 2 atom stereocenters. The van der Waals surface area contributed by atoms with Crippen molar-refractivity contribution in [3.8, 4) is 0 Å². The molecule has 0 fully saturated rings. The fourth-order valence-corrected chi connectivity index (χ4v) is 2.67. The average molecular weight is 246 g/mol. The first kappa shape index (κ1) is 13.2. The molecule has 1 N–H and O–H groups in total. The van der Waals surface area contributed by atoms with Crippen molar-refractivity contribution in [2.45, 2.75) is 39.7 Å². The van der Waals surface area contributed by atoms with Gasteiger partial charge in [-0.2, -0.15) is 0 Å². The third-order valence-electron chi connectivity index (χ3n) is 3.37. The first-order valence-electron chi connectivity index (χ1n) is 6.72. The van der Waals surface area contributed by atoms with Crippen molar-refractivity contribution >= 4 is 11.0 Å². The highest BCUT2D eigenvalue weighted by molar-refractivity contribution is 5.81. The standard InChI is InChI=1S/C16H22O2/c1-11(2)8-12(3)9-15(17)14-10-18-16-7-5-4-6-13(14)16/h4-7,10-12,15,17H,8-9H2,1-3H3. The quantitative estimate of drug-likeness (QED) is 0.840. The molecule has 0 spiro atoms. The second kappa shape index (κ2) is 5.57. The van der Waals surface area contributed by atoms with Crippen molar-refractivity contribution < 1.29 is 9.52 Å². The van der Waals surface area contributed by atoms with Crippen molar-refractivity contribution in [3.63, 3.8) is 0 Å². The Hall–Kier alpha value is -1.28. The van der Waals surface area contributed by atoms with Gasteiger partial charge in [0.15, 0.2) is 0 Å². The number of rotatable bonds is 5. The first-order chi connectivity index (χ1) is 8.58. The van der Waals surface area contributed by atoms with E-state index in [1.807, 2.05) is 24.3 Å². The molecule has 0 radical (unpaired) electrons. The number of furan rings is 1. The van der Waals surface area contributed by atoms with Gasteiger partial charge in [0, 0.05) is 10.9 Å². The highest BCUT2D eigenvalue weighted by Crippen LogP contribution is 2.31. The second-order valence-electron chi connectivity index (χ2n) is 5.67. The second-order valence-corrected chi connectivity index (χ2v) is 5.67. The maximum Gasteiger partial charge on any atom is 0.134 e. The number of aliphatic hydroxyl groups is 1. The van der Waals surface area contributed by atoms with Crippen molar-refractivity contribution in [1.82, 2.24) is 0 Å². The van der Waals surface area contributed by atoms with Crippen LogP contribution in [0.3, 0.4) is 0 Å². The summed E-state index contributed by atoms with van der Waals surface area (Å²) in [5.41, 5.74) is 1.77. The van der Waals surface area contributed by atoms with Crippen LogP contribution in [0.4, 0.5) is 0 Å². The fourth-order valence-electron chi connectivity index (χ4n) is 2.67. The largest absolute Gasteiger partial charge is 0.464 e. The summed E-state index contributed by atoms with van der Waals surface area (Å²) >= 11 is 0. The van der Waals surface area contributed by atoms with Crippen LogP contribution in [0.25, 0.3) is 11.0 Å². The summed E-state index contributed by atoms with van der Waals surface area (Å²) in [5, 5.41) is 11.4. The molecule has 0 bridgehead atoms. The molecule has 0 saturated heterocycles. The van der Waals surface area contributed by atoms with Crippen LogP contribution < -0.4 is 0 Å². The van der Waals surface area contributed by atoms with Crippen molar-refractivity contribution in [3.05, 3.63) is 36.1 Å². The topological polar surface area (TPSA) is 33.4 Å². The SMILES string of the molecule is CC(C)CC(C)CC(O)c1coc2ccccc12. The van der Waals surface area contributed by atoms with Gasteiger partial charge in [0.2, 0.25) is 0 Å². The van der Waals surface area contributed by atoms with Crippen molar-refractivity contribution in [2.24, 2.45) is 11.8 Å². The molecule has 0 aliphatic heterocycles. The Kier molecular flexibility index (Phi) is 4.07. The molecule has 98 valence electrons. The number of para-hydroxylation sites is 1. The molecule has 1 aromatic heterocycles. The Morgan fingerprint density at radius 3 is 2.56 bits per heavy atom. The van der Waals surface area contributed by atoms with Crippen LogP contribution >= 0.6 is 0 Å². The molecule has 0 saturated carbocycles. The number of hydrogen-bond acceptors (Lipinski definition) is 2. The molecule has 0 amide bonds. The predicted molar refractivity (Wildman–Crippen MR) is 74.4 cm³/mol. The third-order valence-corrected chi connectivity index (χ3v) is 3.37. The van der Waals surface area contributed by atoms with Gasteiger partial charge >= 0.3 is 0 Å². The smallest absolute Gasteiger partial charge is 0.134 e. The highest BCUT2D eigenvalue weighted by atomic mass is 16.3. The lowest BCUT2D eigenvalue weighted by Gasteiger charge is -2.17. The van der Waals surface area contributed by atoms with Gasteiger partial charge in [0.1, 0.15) is 5.58 Å². The van der Waals surface area contributed by atoms with Crippen molar-refractivity contribution in [2.75, 3.05) is 0 Å². The molecule has 2 heteroatoms. The highest BCUT2D eigenvalue weighted by Gasteiger charge is 2.17. The minimum absolute atomic E-state index is 0.428. The van der Waals surface area contributed by atoms with E-state index in [9.17, 15) is 5.11 Å². The minimum Gasteiger partial charge on any atom is -0.464 e. The Morgan fingerprint density at radius 2 is 1.83 bits per heavy atom. The van der Waals surface area contributed by atoms with Gasteiger partial charge in [0.25, 0.3) is 0 Å². The van der Waals surface area contributed by atoms with Crippen LogP contribution in [0.2, 0.25) is 0 Å². The summed E-state index contributed by atoms with van der Waals surface area (Å²) in [4.78, 5) is 0. The minimum atomic E-state index is -0.428. The molecule has 1 heterocycles. The van der Waals surface area contributed by atoms with Crippen LogP contribution in [-0.2, 0) is 0 Å². The van der Waals surface area contributed by atoms with Crippen LogP contribution in [-0.4, -0.2) is 5.11 Å². The van der Waals surface area contributed by atoms with Gasteiger partial charge < -0.3 is 9.52 Å². The van der Waals surface area contributed by atoms with E-state index in [2.05, 4.69) is 20.8 Å². The van der Waals surface area contributed by atoms with E-state index < -0.39 is 6.10 Å². The van der Waals surface area contributed by atoms with E-state index >= 15 is 0 Å². The first-order valence-corrected chi connectivity index (χ1v) is 6.72. The molecule has 2 aromatic rings. The van der Waals surface area contributed by atoms with Gasteiger partial charge in [-0.15, -0.1) is 0 Å². The number of hydrogen-bond donors (Lipinski definition) is 1. The molecule has 1 aromatic carbocycles.